The van der Waals surface area contributed by atoms with Gasteiger partial charge in [-0.25, -0.2) is 18.8 Å². The van der Waals surface area contributed by atoms with Crippen molar-refractivity contribution in [2.45, 2.75) is 6.92 Å². The van der Waals surface area contributed by atoms with E-state index < -0.39 is 0 Å². The lowest BCUT2D eigenvalue weighted by Crippen LogP contribution is -2.09. The molecule has 3 heterocycles. The molecule has 0 saturated heterocycles. The zero-order chi connectivity index (χ0) is 13.7. The zero-order valence-corrected chi connectivity index (χ0v) is 10.7. The van der Waals surface area contributed by atoms with E-state index in [9.17, 15) is 4.79 Å². The number of fused-ring (bicyclic) bond motifs is 3. The Hall–Kier alpha value is -2.89. The summed E-state index contributed by atoms with van der Waals surface area (Å²) in [4.78, 5) is 11.6. The van der Waals surface area contributed by atoms with Crippen LogP contribution in [0.4, 0.5) is 0 Å². The zero-order valence-electron chi connectivity index (χ0n) is 10.7. The molecule has 98 valence electrons. The average Bonchev–Trinajstić information content (AvgIpc) is 3.03. The van der Waals surface area contributed by atoms with Crippen LogP contribution in [-0.2, 0) is 0 Å². The van der Waals surface area contributed by atoms with Gasteiger partial charge in [-0.3, -0.25) is 0 Å². The first kappa shape index (κ1) is 11.0. The fourth-order valence-electron chi connectivity index (χ4n) is 2.42. The monoisotopic (exact) mass is 265 g/mol. The van der Waals surface area contributed by atoms with Gasteiger partial charge < -0.3 is 0 Å². The Kier molecular flexibility index (Phi) is 2.09. The van der Waals surface area contributed by atoms with Crippen LogP contribution in [0.1, 0.15) is 5.56 Å². The normalized spacial score (nSPS) is 11.4. The Morgan fingerprint density at radius 3 is 2.90 bits per heavy atom. The van der Waals surface area contributed by atoms with Crippen molar-refractivity contribution in [1.82, 2.24) is 24.2 Å². The molecule has 0 aliphatic rings. The largest absolute Gasteiger partial charge is 0.347 e. The number of rotatable bonds is 1. The Labute approximate surface area is 113 Å². The average molecular weight is 265 g/mol. The van der Waals surface area contributed by atoms with Crippen molar-refractivity contribution >= 4 is 11.2 Å². The van der Waals surface area contributed by atoms with Gasteiger partial charge in [0.05, 0.1) is 5.69 Å². The number of nitrogens with one attached hydrogen (secondary N) is 1. The second kappa shape index (κ2) is 3.80. The maximum Gasteiger partial charge on any atom is 0.347 e. The van der Waals surface area contributed by atoms with Gasteiger partial charge in [0.15, 0.2) is 5.65 Å². The van der Waals surface area contributed by atoms with Crippen LogP contribution < -0.4 is 5.69 Å². The van der Waals surface area contributed by atoms with E-state index in [1.807, 2.05) is 37.3 Å². The highest BCUT2D eigenvalue weighted by molar-refractivity contribution is 5.77. The summed E-state index contributed by atoms with van der Waals surface area (Å²) in [7, 11) is 0. The van der Waals surface area contributed by atoms with E-state index in [0.717, 1.165) is 22.3 Å². The SMILES string of the molecule is Cc1ccccc1-c1cc2c3n[nH]c(=O)n3ccn2n1. The van der Waals surface area contributed by atoms with Crippen molar-refractivity contribution in [1.29, 1.82) is 0 Å². The third-order valence-electron chi connectivity index (χ3n) is 3.45. The molecule has 0 saturated carbocycles. The van der Waals surface area contributed by atoms with Crippen LogP contribution in [0.5, 0.6) is 0 Å². The van der Waals surface area contributed by atoms with Crippen LogP contribution >= 0.6 is 0 Å². The first-order chi connectivity index (χ1) is 9.74. The number of nitrogens with zero attached hydrogens (tertiary/aromatic N) is 4. The van der Waals surface area contributed by atoms with Gasteiger partial charge in [0.1, 0.15) is 5.52 Å². The second-order valence-corrected chi connectivity index (χ2v) is 4.69. The first-order valence-electron chi connectivity index (χ1n) is 6.25. The van der Waals surface area contributed by atoms with E-state index >= 15 is 0 Å². The standard InChI is InChI=1S/C14H11N5O/c1-9-4-2-3-5-10(9)11-8-12-13-15-16-14(20)18(13)6-7-19(12)17-11/h2-8H,1H3,(H,16,20). The van der Waals surface area contributed by atoms with Gasteiger partial charge in [0.25, 0.3) is 0 Å². The number of aromatic amines is 1. The van der Waals surface area contributed by atoms with Crippen LogP contribution in [0.3, 0.4) is 0 Å². The van der Waals surface area contributed by atoms with E-state index in [-0.39, 0.29) is 5.69 Å². The smallest absolute Gasteiger partial charge is 0.247 e. The van der Waals surface area contributed by atoms with Gasteiger partial charge in [0, 0.05) is 18.0 Å². The molecule has 0 amide bonds. The van der Waals surface area contributed by atoms with Gasteiger partial charge in [-0.1, -0.05) is 24.3 Å². The van der Waals surface area contributed by atoms with E-state index in [2.05, 4.69) is 15.3 Å². The summed E-state index contributed by atoms with van der Waals surface area (Å²) in [5, 5.41) is 11.0. The highest BCUT2D eigenvalue weighted by Crippen LogP contribution is 2.23. The highest BCUT2D eigenvalue weighted by Gasteiger charge is 2.11. The summed E-state index contributed by atoms with van der Waals surface area (Å²) < 4.78 is 3.20. The quantitative estimate of drug-likeness (QED) is 0.569. The fraction of sp³-hybridized carbons (Fsp3) is 0.0714. The number of benzene rings is 1. The molecular formula is C14H11N5O. The number of hydrogen-bond donors (Lipinski definition) is 1. The Morgan fingerprint density at radius 2 is 2.05 bits per heavy atom. The lowest BCUT2D eigenvalue weighted by molar-refractivity contribution is 0.936. The third kappa shape index (κ3) is 1.41. The van der Waals surface area contributed by atoms with E-state index in [1.54, 1.807) is 16.9 Å². The minimum absolute atomic E-state index is 0.249. The first-order valence-corrected chi connectivity index (χ1v) is 6.25. The molecule has 0 spiro atoms. The van der Waals surface area contributed by atoms with Crippen molar-refractivity contribution in [3.8, 4) is 11.3 Å². The molecule has 0 aliphatic heterocycles. The molecule has 4 aromatic rings. The molecule has 0 fully saturated rings. The third-order valence-corrected chi connectivity index (χ3v) is 3.45. The topological polar surface area (TPSA) is 67.5 Å². The van der Waals surface area contributed by atoms with E-state index in [1.165, 1.54) is 4.40 Å². The Balaban J connectivity index is 2.06. The minimum Gasteiger partial charge on any atom is -0.247 e. The maximum atomic E-state index is 11.6. The molecule has 0 atom stereocenters. The lowest BCUT2D eigenvalue weighted by atomic mass is 10.1. The number of aryl methyl sites for hydroxylation is 1. The predicted molar refractivity (Wildman–Crippen MR) is 74.7 cm³/mol. The van der Waals surface area contributed by atoms with Gasteiger partial charge >= 0.3 is 5.69 Å². The van der Waals surface area contributed by atoms with Gasteiger partial charge in [0.2, 0.25) is 0 Å². The molecule has 3 aromatic heterocycles. The van der Waals surface area contributed by atoms with Crippen molar-refractivity contribution in [3.63, 3.8) is 0 Å². The second-order valence-electron chi connectivity index (χ2n) is 4.69. The molecule has 20 heavy (non-hydrogen) atoms. The molecular weight excluding hydrogens is 254 g/mol. The number of aromatic nitrogens is 5. The predicted octanol–water partition coefficient (Wildman–Crippen LogP) is 1.65. The van der Waals surface area contributed by atoms with Crippen molar-refractivity contribution in [3.05, 3.63) is 58.8 Å². The van der Waals surface area contributed by atoms with Crippen molar-refractivity contribution in [2.24, 2.45) is 0 Å². The van der Waals surface area contributed by atoms with Crippen LogP contribution in [-0.4, -0.2) is 24.2 Å². The molecule has 0 radical (unpaired) electrons. The summed E-state index contributed by atoms with van der Waals surface area (Å²) in [5.74, 6) is 0. The fourth-order valence-corrected chi connectivity index (χ4v) is 2.42. The van der Waals surface area contributed by atoms with Gasteiger partial charge in [-0.2, -0.15) is 10.2 Å². The summed E-state index contributed by atoms with van der Waals surface area (Å²) in [6.45, 7) is 2.05. The minimum atomic E-state index is -0.249. The summed E-state index contributed by atoms with van der Waals surface area (Å²) >= 11 is 0. The summed E-state index contributed by atoms with van der Waals surface area (Å²) in [6, 6.07) is 10.0. The number of H-pyrrole nitrogens is 1. The molecule has 0 aliphatic carbocycles. The molecule has 0 unspecified atom stereocenters. The summed E-state index contributed by atoms with van der Waals surface area (Å²) in [5.41, 5.74) is 4.22. The van der Waals surface area contributed by atoms with E-state index in [4.69, 9.17) is 0 Å². The van der Waals surface area contributed by atoms with Crippen LogP contribution in [0.25, 0.3) is 22.4 Å². The number of hydrogen-bond acceptors (Lipinski definition) is 3. The lowest BCUT2D eigenvalue weighted by Gasteiger charge is -1.99. The van der Waals surface area contributed by atoms with Crippen molar-refractivity contribution in [2.75, 3.05) is 0 Å². The molecule has 6 heteroatoms. The molecule has 1 N–H and O–H groups in total. The Morgan fingerprint density at radius 1 is 1.20 bits per heavy atom. The van der Waals surface area contributed by atoms with E-state index in [0.29, 0.717) is 5.65 Å². The molecule has 6 nitrogen and oxygen atoms in total. The molecule has 0 bridgehead atoms. The van der Waals surface area contributed by atoms with Crippen LogP contribution in [0.2, 0.25) is 0 Å². The molecule has 1 aromatic carbocycles. The van der Waals surface area contributed by atoms with Crippen LogP contribution in [0.15, 0.2) is 47.5 Å². The highest BCUT2D eigenvalue weighted by atomic mass is 16.1. The van der Waals surface area contributed by atoms with Gasteiger partial charge in [-0.05, 0) is 18.6 Å². The van der Waals surface area contributed by atoms with Crippen LogP contribution in [0, 0.1) is 6.92 Å². The Bertz CT molecular complexity index is 992. The van der Waals surface area contributed by atoms with Gasteiger partial charge in [-0.15, -0.1) is 0 Å². The van der Waals surface area contributed by atoms with Crippen molar-refractivity contribution < 1.29 is 0 Å². The summed E-state index contributed by atoms with van der Waals surface area (Å²) in [6.07, 6.45) is 3.41. The maximum absolute atomic E-state index is 11.6. The molecule has 4 rings (SSSR count).